The van der Waals surface area contributed by atoms with Crippen molar-refractivity contribution in [1.29, 1.82) is 0 Å². The number of rotatable bonds is 6. The molecule has 3 N–H and O–H groups in total. The Morgan fingerprint density at radius 3 is 2.83 bits per heavy atom. The van der Waals surface area contributed by atoms with Crippen LogP contribution >= 0.6 is 11.6 Å². The van der Waals surface area contributed by atoms with Gasteiger partial charge < -0.3 is 15.8 Å². The third kappa shape index (κ3) is 4.20. The second-order valence-corrected chi connectivity index (χ2v) is 4.39. The molecule has 1 amide bonds. The first-order valence-electron chi connectivity index (χ1n) is 6.07. The summed E-state index contributed by atoms with van der Waals surface area (Å²) in [7, 11) is 0. The molecule has 0 aromatic heterocycles. The number of nitrogens with two attached hydrogens (primary N) is 1. The van der Waals surface area contributed by atoms with Crippen LogP contribution in [0.5, 0.6) is 5.75 Å². The topological polar surface area (TPSA) is 64.4 Å². The third-order valence-electron chi connectivity index (χ3n) is 2.44. The van der Waals surface area contributed by atoms with Crippen LogP contribution in [-0.4, -0.2) is 18.6 Å². The van der Waals surface area contributed by atoms with Crippen LogP contribution in [0.1, 0.15) is 26.7 Å². The molecule has 4 nitrogen and oxygen atoms in total. The van der Waals surface area contributed by atoms with Crippen LogP contribution in [0.4, 0.5) is 5.69 Å². The van der Waals surface area contributed by atoms with Gasteiger partial charge >= 0.3 is 0 Å². The maximum absolute atomic E-state index is 11.8. The molecule has 1 atom stereocenters. The van der Waals surface area contributed by atoms with Gasteiger partial charge in [0.25, 0.3) is 0 Å². The van der Waals surface area contributed by atoms with Crippen LogP contribution in [0.15, 0.2) is 18.2 Å². The number of ether oxygens (including phenoxy) is 1. The van der Waals surface area contributed by atoms with E-state index in [4.69, 9.17) is 22.1 Å². The lowest BCUT2D eigenvalue weighted by Crippen LogP contribution is -2.35. The summed E-state index contributed by atoms with van der Waals surface area (Å²) in [6.45, 7) is 4.38. The quantitative estimate of drug-likeness (QED) is 0.835. The third-order valence-corrected chi connectivity index (χ3v) is 2.67. The normalized spacial score (nSPS) is 12.0. The van der Waals surface area contributed by atoms with Crippen molar-refractivity contribution in [2.24, 2.45) is 5.73 Å². The predicted octanol–water partition coefficient (Wildman–Crippen LogP) is 2.80. The maximum atomic E-state index is 11.8. The largest absolute Gasteiger partial charge is 0.492 e. The average Bonchev–Trinajstić information content (AvgIpc) is 2.33. The molecule has 100 valence electrons. The summed E-state index contributed by atoms with van der Waals surface area (Å²) in [5.41, 5.74) is 6.31. The SMILES string of the molecule is CCCC(N)C(=O)Nc1cc(Cl)ccc1OCC. The molecular formula is C13H19ClN2O2. The van der Waals surface area contributed by atoms with Gasteiger partial charge in [-0.2, -0.15) is 0 Å². The highest BCUT2D eigenvalue weighted by Crippen LogP contribution is 2.28. The minimum Gasteiger partial charge on any atom is -0.492 e. The highest BCUT2D eigenvalue weighted by atomic mass is 35.5. The average molecular weight is 271 g/mol. The van der Waals surface area contributed by atoms with Crippen molar-refractivity contribution in [2.45, 2.75) is 32.7 Å². The summed E-state index contributed by atoms with van der Waals surface area (Å²) >= 11 is 5.90. The molecule has 0 aliphatic carbocycles. The fourth-order valence-electron chi connectivity index (χ4n) is 1.55. The van der Waals surface area contributed by atoms with Crippen molar-refractivity contribution >= 4 is 23.2 Å². The Bertz CT molecular complexity index is 410. The van der Waals surface area contributed by atoms with E-state index in [0.29, 0.717) is 29.5 Å². The first-order chi connectivity index (χ1) is 8.58. The lowest BCUT2D eigenvalue weighted by atomic mass is 10.1. The van der Waals surface area contributed by atoms with Crippen molar-refractivity contribution in [2.75, 3.05) is 11.9 Å². The van der Waals surface area contributed by atoms with Crippen LogP contribution in [0.3, 0.4) is 0 Å². The van der Waals surface area contributed by atoms with Gasteiger partial charge in [-0.05, 0) is 31.5 Å². The van der Waals surface area contributed by atoms with Crippen LogP contribution in [0.2, 0.25) is 5.02 Å². The first-order valence-corrected chi connectivity index (χ1v) is 6.45. The molecule has 0 saturated carbocycles. The molecule has 0 aliphatic heterocycles. The summed E-state index contributed by atoms with van der Waals surface area (Å²) in [5.74, 6) is 0.374. The molecule has 0 radical (unpaired) electrons. The fourth-order valence-corrected chi connectivity index (χ4v) is 1.72. The van der Waals surface area contributed by atoms with Crippen LogP contribution < -0.4 is 15.8 Å². The number of hydrogen-bond acceptors (Lipinski definition) is 3. The second-order valence-electron chi connectivity index (χ2n) is 3.96. The van der Waals surface area contributed by atoms with Crippen molar-refractivity contribution in [1.82, 2.24) is 0 Å². The minimum atomic E-state index is -0.511. The molecule has 0 saturated heterocycles. The Morgan fingerprint density at radius 1 is 1.50 bits per heavy atom. The highest BCUT2D eigenvalue weighted by molar-refractivity contribution is 6.31. The summed E-state index contributed by atoms with van der Waals surface area (Å²) in [4.78, 5) is 11.8. The first kappa shape index (κ1) is 14.8. The highest BCUT2D eigenvalue weighted by Gasteiger charge is 2.14. The Kier molecular flexibility index (Phi) is 5.95. The Balaban J connectivity index is 2.81. The molecule has 0 spiro atoms. The number of halogens is 1. The summed E-state index contributed by atoms with van der Waals surface area (Å²) < 4.78 is 5.42. The summed E-state index contributed by atoms with van der Waals surface area (Å²) in [5, 5.41) is 3.29. The molecule has 1 aromatic rings. The molecular weight excluding hydrogens is 252 g/mol. The standard InChI is InChI=1S/C13H19ClN2O2/c1-3-5-10(15)13(17)16-11-8-9(14)6-7-12(11)18-4-2/h6-8,10H,3-5,15H2,1-2H3,(H,16,17). The summed E-state index contributed by atoms with van der Waals surface area (Å²) in [6, 6.07) is 4.59. The molecule has 0 heterocycles. The molecule has 1 aromatic carbocycles. The zero-order valence-electron chi connectivity index (χ0n) is 10.7. The van der Waals surface area contributed by atoms with E-state index in [0.717, 1.165) is 6.42 Å². The van der Waals surface area contributed by atoms with Crippen LogP contribution in [-0.2, 0) is 4.79 Å². The molecule has 1 rings (SSSR count). The smallest absolute Gasteiger partial charge is 0.241 e. The molecule has 5 heteroatoms. The Hall–Kier alpha value is -1.26. The number of benzene rings is 1. The maximum Gasteiger partial charge on any atom is 0.241 e. The van der Waals surface area contributed by atoms with Crippen molar-refractivity contribution in [3.8, 4) is 5.75 Å². The van der Waals surface area contributed by atoms with Gasteiger partial charge in [-0.1, -0.05) is 24.9 Å². The Labute approximate surface area is 112 Å². The van der Waals surface area contributed by atoms with Gasteiger partial charge in [-0.3, -0.25) is 4.79 Å². The zero-order chi connectivity index (χ0) is 13.5. The van der Waals surface area contributed by atoms with Gasteiger partial charge in [0.1, 0.15) is 5.75 Å². The molecule has 0 aliphatic rings. The van der Waals surface area contributed by atoms with E-state index in [9.17, 15) is 4.79 Å². The van der Waals surface area contributed by atoms with E-state index in [-0.39, 0.29) is 5.91 Å². The lowest BCUT2D eigenvalue weighted by molar-refractivity contribution is -0.117. The van der Waals surface area contributed by atoms with E-state index >= 15 is 0 Å². The van der Waals surface area contributed by atoms with Crippen LogP contribution in [0, 0.1) is 0 Å². The van der Waals surface area contributed by atoms with Crippen molar-refractivity contribution in [3.63, 3.8) is 0 Å². The van der Waals surface area contributed by atoms with E-state index in [2.05, 4.69) is 5.32 Å². The van der Waals surface area contributed by atoms with Crippen molar-refractivity contribution < 1.29 is 9.53 Å². The zero-order valence-corrected chi connectivity index (χ0v) is 11.5. The second kappa shape index (κ2) is 7.24. The minimum absolute atomic E-state index is 0.222. The molecule has 0 bridgehead atoms. The number of carbonyl (C=O) groups is 1. The van der Waals surface area contributed by atoms with Gasteiger partial charge in [0, 0.05) is 5.02 Å². The number of carbonyl (C=O) groups excluding carboxylic acids is 1. The van der Waals surface area contributed by atoms with E-state index in [1.165, 1.54) is 0 Å². The van der Waals surface area contributed by atoms with E-state index in [1.807, 2.05) is 13.8 Å². The lowest BCUT2D eigenvalue weighted by Gasteiger charge is -2.14. The van der Waals surface area contributed by atoms with E-state index < -0.39 is 6.04 Å². The van der Waals surface area contributed by atoms with Crippen molar-refractivity contribution in [3.05, 3.63) is 23.2 Å². The van der Waals surface area contributed by atoms with Gasteiger partial charge in [-0.25, -0.2) is 0 Å². The molecule has 18 heavy (non-hydrogen) atoms. The van der Waals surface area contributed by atoms with Gasteiger partial charge in [0.15, 0.2) is 0 Å². The number of anilines is 1. The molecule has 1 unspecified atom stereocenters. The molecule has 0 fully saturated rings. The van der Waals surface area contributed by atoms with Gasteiger partial charge in [-0.15, -0.1) is 0 Å². The van der Waals surface area contributed by atoms with Crippen LogP contribution in [0.25, 0.3) is 0 Å². The number of hydrogen-bond donors (Lipinski definition) is 2. The fraction of sp³-hybridized carbons (Fsp3) is 0.462. The number of nitrogens with one attached hydrogen (secondary N) is 1. The Morgan fingerprint density at radius 2 is 2.22 bits per heavy atom. The monoisotopic (exact) mass is 270 g/mol. The summed E-state index contributed by atoms with van der Waals surface area (Å²) in [6.07, 6.45) is 1.51. The predicted molar refractivity (Wildman–Crippen MR) is 74.1 cm³/mol. The van der Waals surface area contributed by atoms with E-state index in [1.54, 1.807) is 18.2 Å². The number of amides is 1. The van der Waals surface area contributed by atoms with Gasteiger partial charge in [0.05, 0.1) is 18.3 Å². The van der Waals surface area contributed by atoms with Gasteiger partial charge in [0.2, 0.25) is 5.91 Å².